The van der Waals surface area contributed by atoms with Gasteiger partial charge in [0.2, 0.25) is 0 Å². The highest BCUT2D eigenvalue weighted by Crippen LogP contribution is 2.21. The molecule has 0 aliphatic heterocycles. The van der Waals surface area contributed by atoms with E-state index in [9.17, 15) is 9.59 Å². The van der Waals surface area contributed by atoms with Crippen LogP contribution in [0.4, 0.5) is 5.69 Å². The van der Waals surface area contributed by atoms with Crippen molar-refractivity contribution in [2.45, 2.75) is 46.2 Å². The molecule has 1 unspecified atom stereocenters. The van der Waals surface area contributed by atoms with Gasteiger partial charge in [-0.05, 0) is 42.3 Å². The monoisotopic (exact) mass is 345 g/mol. The summed E-state index contributed by atoms with van der Waals surface area (Å²) in [5, 5.41) is 15.5. The number of amides is 2. The first-order chi connectivity index (χ1) is 12.0. The predicted octanol–water partition coefficient (Wildman–Crippen LogP) is 2.51. The molecule has 0 bridgehead atoms. The molecule has 0 fully saturated rings. The van der Waals surface area contributed by atoms with Crippen molar-refractivity contribution in [1.29, 1.82) is 0 Å². The van der Waals surface area contributed by atoms with Crippen LogP contribution in [0.3, 0.4) is 0 Å². The van der Waals surface area contributed by atoms with Gasteiger partial charge in [0, 0.05) is 31.1 Å². The molecule has 1 atom stereocenters. The molecule has 0 saturated carbocycles. The number of hydrogen-bond donors (Lipinski definition) is 3. The van der Waals surface area contributed by atoms with E-state index in [0.717, 1.165) is 23.9 Å². The lowest BCUT2D eigenvalue weighted by molar-refractivity contribution is -0.136. The minimum atomic E-state index is -0.698. The molecule has 6 nitrogen and oxygen atoms in total. The number of anilines is 1. The van der Waals surface area contributed by atoms with E-state index in [1.807, 2.05) is 38.2 Å². The number of carbonyl (C=O) groups excluding carboxylic acids is 2. The lowest BCUT2D eigenvalue weighted by Gasteiger charge is -2.21. The molecule has 136 valence electrons. The van der Waals surface area contributed by atoms with Crippen LogP contribution in [0.25, 0.3) is 10.9 Å². The minimum Gasteiger partial charge on any atom is -0.396 e. The fraction of sp³-hybridized carbons (Fsp3) is 0.474. The van der Waals surface area contributed by atoms with Crippen molar-refractivity contribution >= 4 is 28.4 Å². The molecule has 0 radical (unpaired) electrons. The Morgan fingerprint density at radius 1 is 1.20 bits per heavy atom. The summed E-state index contributed by atoms with van der Waals surface area (Å²) in [4.78, 5) is 24.3. The van der Waals surface area contributed by atoms with Crippen molar-refractivity contribution in [2.75, 3.05) is 11.9 Å². The Bertz CT molecular complexity index is 737. The number of nitrogens with zero attached hydrogens (tertiary/aromatic N) is 1. The van der Waals surface area contributed by atoms with E-state index in [4.69, 9.17) is 5.11 Å². The van der Waals surface area contributed by atoms with E-state index < -0.39 is 11.8 Å². The van der Waals surface area contributed by atoms with Crippen LogP contribution in [0.5, 0.6) is 0 Å². The highest BCUT2D eigenvalue weighted by Gasteiger charge is 2.20. The van der Waals surface area contributed by atoms with E-state index in [0.29, 0.717) is 12.1 Å². The van der Waals surface area contributed by atoms with Crippen LogP contribution in [-0.4, -0.2) is 34.1 Å². The van der Waals surface area contributed by atoms with Crippen molar-refractivity contribution in [3.05, 3.63) is 30.5 Å². The van der Waals surface area contributed by atoms with E-state index >= 15 is 0 Å². The molecule has 25 heavy (non-hydrogen) atoms. The first-order valence-corrected chi connectivity index (χ1v) is 8.77. The van der Waals surface area contributed by atoms with E-state index in [-0.39, 0.29) is 18.6 Å². The summed E-state index contributed by atoms with van der Waals surface area (Å²) in [7, 11) is 0. The minimum absolute atomic E-state index is 0.0319. The Hall–Kier alpha value is -2.34. The third-order valence-electron chi connectivity index (χ3n) is 4.26. The number of nitrogens with one attached hydrogen (secondary N) is 2. The summed E-state index contributed by atoms with van der Waals surface area (Å²) in [5.74, 6) is -1.25. The van der Waals surface area contributed by atoms with Gasteiger partial charge in [0.1, 0.15) is 0 Å². The lowest BCUT2D eigenvalue weighted by Crippen LogP contribution is -2.44. The van der Waals surface area contributed by atoms with E-state index in [1.165, 1.54) is 0 Å². The van der Waals surface area contributed by atoms with Gasteiger partial charge in [0.05, 0.1) is 5.52 Å². The quantitative estimate of drug-likeness (QED) is 0.674. The van der Waals surface area contributed by atoms with E-state index in [2.05, 4.69) is 22.1 Å². The summed E-state index contributed by atoms with van der Waals surface area (Å²) >= 11 is 0. The summed E-state index contributed by atoms with van der Waals surface area (Å²) in [5.41, 5.74) is 1.62. The Morgan fingerprint density at radius 3 is 2.60 bits per heavy atom. The molecular weight excluding hydrogens is 318 g/mol. The molecule has 0 aliphatic carbocycles. The largest absolute Gasteiger partial charge is 0.396 e. The molecule has 1 aromatic carbocycles. The first kappa shape index (κ1) is 19.0. The zero-order chi connectivity index (χ0) is 18.4. The van der Waals surface area contributed by atoms with Crippen LogP contribution in [0.2, 0.25) is 0 Å². The van der Waals surface area contributed by atoms with Gasteiger partial charge in [-0.2, -0.15) is 0 Å². The maximum atomic E-state index is 12.2. The Labute approximate surface area is 148 Å². The van der Waals surface area contributed by atoms with Gasteiger partial charge in [0.25, 0.3) is 0 Å². The SMILES string of the molecule is CCCn1ccc2ccc(NC(=O)C(=O)NC(CCO)C(C)C)cc21. The highest BCUT2D eigenvalue weighted by molar-refractivity contribution is 6.39. The smallest absolute Gasteiger partial charge is 0.313 e. The van der Waals surface area contributed by atoms with Crippen molar-refractivity contribution in [2.24, 2.45) is 5.92 Å². The van der Waals surface area contributed by atoms with Crippen LogP contribution < -0.4 is 10.6 Å². The predicted molar refractivity (Wildman–Crippen MR) is 99.3 cm³/mol. The fourth-order valence-corrected chi connectivity index (χ4v) is 2.83. The van der Waals surface area contributed by atoms with Crippen molar-refractivity contribution < 1.29 is 14.7 Å². The van der Waals surface area contributed by atoms with Crippen LogP contribution in [0.1, 0.15) is 33.6 Å². The third kappa shape index (κ3) is 4.82. The fourth-order valence-electron chi connectivity index (χ4n) is 2.83. The number of rotatable bonds is 7. The number of benzene rings is 1. The van der Waals surface area contributed by atoms with Gasteiger partial charge in [-0.3, -0.25) is 9.59 Å². The van der Waals surface area contributed by atoms with Gasteiger partial charge < -0.3 is 20.3 Å². The molecule has 2 rings (SSSR count). The first-order valence-electron chi connectivity index (χ1n) is 8.77. The number of fused-ring (bicyclic) bond motifs is 1. The molecule has 1 heterocycles. The summed E-state index contributed by atoms with van der Waals surface area (Å²) in [6, 6.07) is 7.40. The summed E-state index contributed by atoms with van der Waals surface area (Å²) in [6.45, 7) is 6.86. The van der Waals surface area contributed by atoms with Crippen molar-refractivity contribution in [3.63, 3.8) is 0 Å². The average molecular weight is 345 g/mol. The zero-order valence-electron chi connectivity index (χ0n) is 15.1. The second-order valence-electron chi connectivity index (χ2n) is 6.57. The van der Waals surface area contributed by atoms with Crippen molar-refractivity contribution in [3.8, 4) is 0 Å². The number of aromatic nitrogens is 1. The third-order valence-corrected chi connectivity index (χ3v) is 4.26. The molecule has 0 saturated heterocycles. The second-order valence-corrected chi connectivity index (χ2v) is 6.57. The number of aryl methyl sites for hydroxylation is 1. The van der Waals surface area contributed by atoms with Gasteiger partial charge in [-0.25, -0.2) is 0 Å². The number of hydrogen-bond acceptors (Lipinski definition) is 3. The molecule has 6 heteroatoms. The molecule has 1 aromatic heterocycles. The average Bonchev–Trinajstić information content (AvgIpc) is 2.97. The number of aliphatic hydroxyl groups excluding tert-OH is 1. The zero-order valence-corrected chi connectivity index (χ0v) is 15.1. The maximum absolute atomic E-state index is 12.2. The number of carbonyl (C=O) groups is 2. The normalized spacial score (nSPS) is 12.4. The second kappa shape index (κ2) is 8.67. The van der Waals surface area contributed by atoms with Crippen LogP contribution in [0.15, 0.2) is 30.5 Å². The molecule has 2 aromatic rings. The molecule has 0 aliphatic rings. The molecule has 2 amide bonds. The van der Waals surface area contributed by atoms with E-state index in [1.54, 1.807) is 6.07 Å². The van der Waals surface area contributed by atoms with Crippen LogP contribution >= 0.6 is 0 Å². The Morgan fingerprint density at radius 2 is 1.96 bits per heavy atom. The van der Waals surface area contributed by atoms with Crippen molar-refractivity contribution in [1.82, 2.24) is 9.88 Å². The Kier molecular flexibility index (Phi) is 6.58. The maximum Gasteiger partial charge on any atom is 0.313 e. The summed E-state index contributed by atoms with van der Waals surface area (Å²) in [6.07, 6.45) is 3.46. The van der Waals surface area contributed by atoms with Crippen LogP contribution in [0, 0.1) is 5.92 Å². The van der Waals surface area contributed by atoms with Gasteiger partial charge in [0.15, 0.2) is 0 Å². The van der Waals surface area contributed by atoms with Crippen LogP contribution in [-0.2, 0) is 16.1 Å². The topological polar surface area (TPSA) is 83.4 Å². The van der Waals surface area contributed by atoms with Gasteiger partial charge >= 0.3 is 11.8 Å². The number of aliphatic hydroxyl groups is 1. The highest BCUT2D eigenvalue weighted by atomic mass is 16.3. The van der Waals surface area contributed by atoms with Gasteiger partial charge in [-0.1, -0.05) is 26.8 Å². The summed E-state index contributed by atoms with van der Waals surface area (Å²) < 4.78 is 2.13. The molecule has 3 N–H and O–H groups in total. The Balaban J connectivity index is 2.07. The molecule has 0 spiro atoms. The van der Waals surface area contributed by atoms with Gasteiger partial charge in [-0.15, -0.1) is 0 Å². The standard InChI is InChI=1S/C19H27N3O3/c1-4-9-22-10-7-14-5-6-15(12-17(14)22)20-18(24)19(25)21-16(8-11-23)13(2)3/h5-7,10,12-13,16,23H,4,8-9,11H2,1-3H3,(H,20,24)(H,21,25). The lowest BCUT2D eigenvalue weighted by atomic mass is 10.0. The molecular formula is C19H27N3O3.